The first kappa shape index (κ1) is 16.2. The van der Waals surface area contributed by atoms with E-state index in [1.54, 1.807) is 0 Å². The Morgan fingerprint density at radius 3 is 2.15 bits per heavy atom. The van der Waals surface area contributed by atoms with Gasteiger partial charge in [0.05, 0.1) is 30.5 Å². The summed E-state index contributed by atoms with van der Waals surface area (Å²) in [5.74, 6) is 0.148. The summed E-state index contributed by atoms with van der Waals surface area (Å²) < 4.78 is 11.6. The predicted molar refractivity (Wildman–Crippen MR) is 79.8 cm³/mol. The van der Waals surface area contributed by atoms with Gasteiger partial charge in [0, 0.05) is 24.5 Å². The van der Waals surface area contributed by atoms with E-state index in [-0.39, 0.29) is 22.7 Å². The summed E-state index contributed by atoms with van der Waals surface area (Å²) in [6, 6.07) is 0. The number of ether oxygens (including phenoxy) is 2. The van der Waals surface area contributed by atoms with Crippen LogP contribution in [0.2, 0.25) is 0 Å². The first-order chi connectivity index (χ1) is 9.06. The van der Waals surface area contributed by atoms with Crippen molar-refractivity contribution in [2.45, 2.75) is 70.8 Å². The van der Waals surface area contributed by atoms with Gasteiger partial charge in [-0.1, -0.05) is 0 Å². The van der Waals surface area contributed by atoms with Crippen molar-refractivity contribution >= 4 is 0 Å². The normalized spacial score (nSPS) is 32.2. The molecule has 0 aromatic rings. The quantitative estimate of drug-likeness (QED) is 0.862. The molecule has 2 rings (SSSR count). The molecule has 2 fully saturated rings. The van der Waals surface area contributed by atoms with Crippen LogP contribution in [0.15, 0.2) is 0 Å². The van der Waals surface area contributed by atoms with Crippen LogP contribution in [-0.2, 0) is 9.47 Å². The van der Waals surface area contributed by atoms with Crippen molar-refractivity contribution in [2.75, 3.05) is 26.3 Å². The SMILES string of the molecule is CC1(C)CC(C(O)C(C)(C)N2CCOCC2)C(C)(C)O1. The summed E-state index contributed by atoms with van der Waals surface area (Å²) in [5.41, 5.74) is -0.696. The van der Waals surface area contributed by atoms with Gasteiger partial charge in [-0.2, -0.15) is 0 Å². The lowest BCUT2D eigenvalue weighted by molar-refractivity contribution is -0.120. The fourth-order valence-electron chi connectivity index (χ4n) is 3.92. The number of hydrogen-bond acceptors (Lipinski definition) is 4. The molecule has 0 spiro atoms. The minimum atomic E-state index is -0.405. The molecule has 4 nitrogen and oxygen atoms in total. The number of nitrogens with zero attached hydrogens (tertiary/aromatic N) is 1. The fraction of sp³-hybridized carbons (Fsp3) is 1.00. The van der Waals surface area contributed by atoms with Crippen molar-refractivity contribution < 1.29 is 14.6 Å². The number of aliphatic hydroxyl groups excluding tert-OH is 1. The lowest BCUT2D eigenvalue weighted by Crippen LogP contribution is -2.60. The van der Waals surface area contributed by atoms with Crippen LogP contribution in [0.25, 0.3) is 0 Å². The van der Waals surface area contributed by atoms with Crippen LogP contribution in [0.5, 0.6) is 0 Å². The molecule has 0 saturated carbocycles. The molecule has 2 aliphatic heterocycles. The maximum Gasteiger partial charge on any atom is 0.0774 e. The maximum absolute atomic E-state index is 11.0. The van der Waals surface area contributed by atoms with Gasteiger partial charge < -0.3 is 14.6 Å². The highest BCUT2D eigenvalue weighted by Crippen LogP contribution is 2.46. The van der Waals surface area contributed by atoms with E-state index in [0.717, 1.165) is 32.7 Å². The average molecular weight is 285 g/mol. The van der Waals surface area contributed by atoms with Crippen molar-refractivity contribution in [1.29, 1.82) is 0 Å². The Kier molecular flexibility index (Phi) is 4.25. The molecule has 2 aliphatic rings. The predicted octanol–water partition coefficient (Wildman–Crippen LogP) is 2.05. The molecule has 0 radical (unpaired) electrons. The van der Waals surface area contributed by atoms with E-state index in [9.17, 15) is 5.11 Å². The largest absolute Gasteiger partial charge is 0.391 e. The molecule has 1 N–H and O–H groups in total. The Labute approximate surface area is 123 Å². The molecule has 2 saturated heterocycles. The van der Waals surface area contributed by atoms with Crippen LogP contribution < -0.4 is 0 Å². The van der Waals surface area contributed by atoms with Gasteiger partial charge in [-0.15, -0.1) is 0 Å². The highest BCUT2D eigenvalue weighted by molar-refractivity contribution is 5.04. The lowest BCUT2D eigenvalue weighted by atomic mass is 9.75. The van der Waals surface area contributed by atoms with Gasteiger partial charge in [0.15, 0.2) is 0 Å². The molecular formula is C16H31NO3. The van der Waals surface area contributed by atoms with Gasteiger partial charge in [-0.3, -0.25) is 4.90 Å². The van der Waals surface area contributed by atoms with Crippen molar-refractivity contribution in [3.05, 3.63) is 0 Å². The molecular weight excluding hydrogens is 254 g/mol. The Bertz CT molecular complexity index is 346. The second kappa shape index (κ2) is 5.24. The Morgan fingerprint density at radius 1 is 1.15 bits per heavy atom. The summed E-state index contributed by atoms with van der Waals surface area (Å²) in [6.45, 7) is 16.0. The van der Waals surface area contributed by atoms with Gasteiger partial charge in [-0.05, 0) is 48.0 Å². The van der Waals surface area contributed by atoms with E-state index < -0.39 is 6.10 Å². The standard InChI is InChI=1S/C16H31NO3/c1-14(2)11-12(16(5,6)20-14)13(18)15(3,4)17-7-9-19-10-8-17/h12-13,18H,7-11H2,1-6H3. The van der Waals surface area contributed by atoms with Crippen molar-refractivity contribution in [3.63, 3.8) is 0 Å². The van der Waals surface area contributed by atoms with Crippen LogP contribution >= 0.6 is 0 Å². The van der Waals surface area contributed by atoms with Gasteiger partial charge in [0.25, 0.3) is 0 Å². The molecule has 0 aromatic carbocycles. The van der Waals surface area contributed by atoms with E-state index >= 15 is 0 Å². The smallest absolute Gasteiger partial charge is 0.0774 e. The van der Waals surface area contributed by atoms with E-state index in [4.69, 9.17) is 9.47 Å². The van der Waals surface area contributed by atoms with Gasteiger partial charge in [0.1, 0.15) is 0 Å². The zero-order valence-corrected chi connectivity index (χ0v) is 13.9. The van der Waals surface area contributed by atoms with Crippen LogP contribution in [0.4, 0.5) is 0 Å². The van der Waals surface area contributed by atoms with E-state index in [1.165, 1.54) is 0 Å². The Balaban J connectivity index is 2.15. The van der Waals surface area contributed by atoms with Crippen LogP contribution in [-0.4, -0.2) is 59.2 Å². The monoisotopic (exact) mass is 285 g/mol. The van der Waals surface area contributed by atoms with Gasteiger partial charge >= 0.3 is 0 Å². The Hall–Kier alpha value is -0.160. The molecule has 2 heterocycles. The lowest BCUT2D eigenvalue weighted by Gasteiger charge is -2.47. The molecule has 0 aromatic heterocycles. The van der Waals surface area contributed by atoms with Crippen LogP contribution in [0.3, 0.4) is 0 Å². The summed E-state index contributed by atoms with van der Waals surface area (Å²) in [7, 11) is 0. The third-order valence-electron chi connectivity index (χ3n) is 5.07. The third-order valence-corrected chi connectivity index (χ3v) is 5.07. The molecule has 2 unspecified atom stereocenters. The van der Waals surface area contributed by atoms with E-state index in [2.05, 4.69) is 46.4 Å². The second-order valence-electron chi connectivity index (χ2n) is 7.97. The molecule has 4 heteroatoms. The topological polar surface area (TPSA) is 41.9 Å². The third kappa shape index (κ3) is 3.03. The zero-order valence-electron chi connectivity index (χ0n) is 13.9. The number of hydrogen-bond donors (Lipinski definition) is 1. The van der Waals surface area contributed by atoms with Gasteiger partial charge in [-0.25, -0.2) is 0 Å². The van der Waals surface area contributed by atoms with Gasteiger partial charge in [0.2, 0.25) is 0 Å². The molecule has 118 valence electrons. The maximum atomic E-state index is 11.0. The summed E-state index contributed by atoms with van der Waals surface area (Å²) in [6.07, 6.45) is 0.493. The number of rotatable bonds is 3. The Morgan fingerprint density at radius 2 is 1.70 bits per heavy atom. The highest BCUT2D eigenvalue weighted by Gasteiger charge is 2.53. The van der Waals surface area contributed by atoms with E-state index in [0.29, 0.717) is 0 Å². The van der Waals surface area contributed by atoms with Crippen molar-refractivity contribution in [1.82, 2.24) is 4.90 Å². The van der Waals surface area contributed by atoms with Crippen LogP contribution in [0, 0.1) is 5.92 Å². The number of aliphatic hydroxyl groups is 1. The first-order valence-electron chi connectivity index (χ1n) is 7.77. The highest BCUT2D eigenvalue weighted by atomic mass is 16.5. The summed E-state index contributed by atoms with van der Waals surface area (Å²) in [5, 5.41) is 11.0. The van der Waals surface area contributed by atoms with Crippen LogP contribution in [0.1, 0.15) is 48.0 Å². The molecule has 20 heavy (non-hydrogen) atoms. The molecule has 0 amide bonds. The average Bonchev–Trinajstić information content (AvgIpc) is 2.57. The second-order valence-corrected chi connectivity index (χ2v) is 7.97. The van der Waals surface area contributed by atoms with Crippen molar-refractivity contribution in [3.8, 4) is 0 Å². The minimum Gasteiger partial charge on any atom is -0.391 e. The summed E-state index contributed by atoms with van der Waals surface area (Å²) in [4.78, 5) is 2.35. The van der Waals surface area contributed by atoms with Crippen molar-refractivity contribution in [2.24, 2.45) is 5.92 Å². The minimum absolute atomic E-state index is 0.148. The fourth-order valence-corrected chi connectivity index (χ4v) is 3.92. The zero-order chi connectivity index (χ0) is 15.2. The van der Waals surface area contributed by atoms with E-state index in [1.807, 2.05) is 0 Å². The number of morpholine rings is 1. The summed E-state index contributed by atoms with van der Waals surface area (Å²) >= 11 is 0. The molecule has 2 atom stereocenters. The first-order valence-corrected chi connectivity index (χ1v) is 7.77. The molecule has 0 aliphatic carbocycles. The molecule has 0 bridgehead atoms.